The average Bonchev–Trinajstić information content (AvgIpc) is 2.30. The molecular weight excluding hydrogens is 244 g/mol. The number of hydrogen-bond donors (Lipinski definition) is 3. The summed E-state index contributed by atoms with van der Waals surface area (Å²) in [4.78, 5) is 22.3. The number of rotatable bonds is 4. The lowest BCUT2D eigenvalue weighted by molar-refractivity contribution is -0.117. The molecule has 1 aromatic carbocycles. The van der Waals surface area contributed by atoms with Gasteiger partial charge in [0.2, 0.25) is 5.91 Å². The molecule has 0 spiro atoms. The number of nitrogens with two attached hydrogens (primary N) is 2. The normalized spacial score (nSPS) is 12.0. The summed E-state index contributed by atoms with van der Waals surface area (Å²) in [6.07, 6.45) is 0.358. The Morgan fingerprint density at radius 1 is 1.33 bits per heavy atom. The molecule has 0 saturated carbocycles. The standard InChI is InChI=1S/C11H13F2N3O2/c1-2-8(14)11(18)16-9-3-5(10(15)17)6(12)4-7(9)13/h3-4,8H,2,14H2,1H3,(H2,15,17)(H,16,18)/t8-/m0/s1. The molecule has 0 radical (unpaired) electrons. The van der Waals surface area contributed by atoms with E-state index >= 15 is 0 Å². The molecule has 2 amide bonds. The molecule has 0 aliphatic heterocycles. The minimum atomic E-state index is -1.09. The molecule has 18 heavy (non-hydrogen) atoms. The Morgan fingerprint density at radius 3 is 2.44 bits per heavy atom. The summed E-state index contributed by atoms with van der Waals surface area (Å²) in [5.41, 5.74) is 9.52. The number of carbonyl (C=O) groups excluding carboxylic acids is 2. The van der Waals surface area contributed by atoms with Gasteiger partial charge in [0.1, 0.15) is 11.6 Å². The van der Waals surface area contributed by atoms with Gasteiger partial charge in [-0.15, -0.1) is 0 Å². The molecule has 0 aliphatic carbocycles. The zero-order chi connectivity index (χ0) is 13.9. The van der Waals surface area contributed by atoms with Crippen LogP contribution in [0, 0.1) is 11.6 Å². The lowest BCUT2D eigenvalue weighted by Crippen LogP contribution is -2.35. The van der Waals surface area contributed by atoms with Crippen LogP contribution in [0.2, 0.25) is 0 Å². The molecule has 0 heterocycles. The van der Waals surface area contributed by atoms with Crippen LogP contribution in [0.5, 0.6) is 0 Å². The zero-order valence-electron chi connectivity index (χ0n) is 9.67. The Balaban J connectivity index is 3.06. The van der Waals surface area contributed by atoms with E-state index in [0.29, 0.717) is 12.5 Å². The largest absolute Gasteiger partial charge is 0.366 e. The minimum Gasteiger partial charge on any atom is -0.366 e. The van der Waals surface area contributed by atoms with Crippen LogP contribution in [0.1, 0.15) is 23.7 Å². The smallest absolute Gasteiger partial charge is 0.251 e. The van der Waals surface area contributed by atoms with Gasteiger partial charge in [0.25, 0.3) is 5.91 Å². The van der Waals surface area contributed by atoms with Gasteiger partial charge in [0.05, 0.1) is 17.3 Å². The number of carbonyl (C=O) groups is 2. The van der Waals surface area contributed by atoms with Crippen LogP contribution in [0.4, 0.5) is 14.5 Å². The van der Waals surface area contributed by atoms with Crippen molar-refractivity contribution in [2.45, 2.75) is 19.4 Å². The highest BCUT2D eigenvalue weighted by atomic mass is 19.1. The molecular formula is C11H13F2N3O2. The molecule has 1 atom stereocenters. The number of primary amides is 1. The topological polar surface area (TPSA) is 98.2 Å². The molecule has 5 nitrogen and oxygen atoms in total. The van der Waals surface area contributed by atoms with Gasteiger partial charge in [-0.1, -0.05) is 6.92 Å². The zero-order valence-corrected chi connectivity index (χ0v) is 9.67. The molecule has 0 aliphatic rings. The fraction of sp³-hybridized carbons (Fsp3) is 0.273. The number of benzene rings is 1. The fourth-order valence-corrected chi connectivity index (χ4v) is 1.24. The second kappa shape index (κ2) is 5.54. The van der Waals surface area contributed by atoms with Crippen molar-refractivity contribution in [1.29, 1.82) is 0 Å². The predicted octanol–water partition coefficient (Wildman–Crippen LogP) is 0.739. The molecule has 0 bridgehead atoms. The second-order valence-corrected chi connectivity index (χ2v) is 3.68. The molecule has 0 saturated heterocycles. The van der Waals surface area contributed by atoms with E-state index < -0.39 is 35.1 Å². The van der Waals surface area contributed by atoms with E-state index in [0.717, 1.165) is 6.07 Å². The summed E-state index contributed by atoms with van der Waals surface area (Å²) in [5, 5.41) is 2.17. The van der Waals surface area contributed by atoms with Crippen molar-refractivity contribution in [3.05, 3.63) is 29.3 Å². The van der Waals surface area contributed by atoms with Crippen LogP contribution >= 0.6 is 0 Å². The minimum absolute atomic E-state index is 0.334. The number of nitrogens with one attached hydrogen (secondary N) is 1. The molecule has 1 aromatic rings. The highest BCUT2D eigenvalue weighted by Gasteiger charge is 2.17. The van der Waals surface area contributed by atoms with Crippen molar-refractivity contribution in [3.8, 4) is 0 Å². The van der Waals surface area contributed by atoms with E-state index in [9.17, 15) is 18.4 Å². The van der Waals surface area contributed by atoms with Gasteiger partial charge in [-0.3, -0.25) is 9.59 Å². The van der Waals surface area contributed by atoms with Gasteiger partial charge < -0.3 is 16.8 Å². The van der Waals surface area contributed by atoms with E-state index in [1.165, 1.54) is 0 Å². The Hall–Kier alpha value is -2.02. The maximum absolute atomic E-state index is 13.4. The molecule has 0 unspecified atom stereocenters. The molecule has 1 rings (SSSR count). The maximum atomic E-state index is 13.4. The Labute approximate surface area is 102 Å². The molecule has 7 heteroatoms. The third kappa shape index (κ3) is 3.01. The predicted molar refractivity (Wildman–Crippen MR) is 61.8 cm³/mol. The summed E-state index contributed by atoms with van der Waals surface area (Å²) in [6, 6.07) is 0.506. The van der Waals surface area contributed by atoms with Crippen molar-refractivity contribution in [2.24, 2.45) is 11.5 Å². The van der Waals surface area contributed by atoms with Crippen LogP contribution in [-0.4, -0.2) is 17.9 Å². The SMILES string of the molecule is CC[C@H](N)C(=O)Nc1cc(C(N)=O)c(F)cc1F. The van der Waals surface area contributed by atoms with Gasteiger partial charge in [0.15, 0.2) is 0 Å². The van der Waals surface area contributed by atoms with Crippen LogP contribution < -0.4 is 16.8 Å². The lowest BCUT2D eigenvalue weighted by Gasteiger charge is -2.11. The first-order valence-corrected chi connectivity index (χ1v) is 5.22. The van der Waals surface area contributed by atoms with Gasteiger partial charge in [-0.2, -0.15) is 0 Å². The quantitative estimate of drug-likeness (QED) is 0.741. The number of anilines is 1. The van der Waals surface area contributed by atoms with Gasteiger partial charge in [-0.25, -0.2) is 8.78 Å². The average molecular weight is 257 g/mol. The highest BCUT2D eigenvalue weighted by molar-refractivity contribution is 5.98. The number of halogens is 2. The van der Waals surface area contributed by atoms with Crippen molar-refractivity contribution in [1.82, 2.24) is 0 Å². The molecule has 98 valence electrons. The van der Waals surface area contributed by atoms with E-state index in [1.807, 2.05) is 0 Å². The van der Waals surface area contributed by atoms with Crippen LogP contribution in [0.15, 0.2) is 12.1 Å². The first kappa shape index (κ1) is 14.0. The van der Waals surface area contributed by atoms with Crippen LogP contribution in [-0.2, 0) is 4.79 Å². The summed E-state index contributed by atoms with van der Waals surface area (Å²) < 4.78 is 26.5. The second-order valence-electron chi connectivity index (χ2n) is 3.68. The van der Waals surface area contributed by atoms with E-state index in [1.54, 1.807) is 6.92 Å². The fourth-order valence-electron chi connectivity index (χ4n) is 1.24. The van der Waals surface area contributed by atoms with Crippen LogP contribution in [0.3, 0.4) is 0 Å². The van der Waals surface area contributed by atoms with E-state index in [2.05, 4.69) is 5.32 Å². The number of hydrogen-bond acceptors (Lipinski definition) is 3. The first-order chi connectivity index (χ1) is 8.36. The number of amides is 2. The Kier molecular flexibility index (Phi) is 4.33. The van der Waals surface area contributed by atoms with Crippen molar-refractivity contribution >= 4 is 17.5 Å². The molecule has 5 N–H and O–H groups in total. The molecule has 0 aromatic heterocycles. The summed E-state index contributed by atoms with van der Waals surface area (Å²) >= 11 is 0. The lowest BCUT2D eigenvalue weighted by atomic mass is 10.1. The Morgan fingerprint density at radius 2 is 1.94 bits per heavy atom. The summed E-state index contributed by atoms with van der Waals surface area (Å²) in [7, 11) is 0. The van der Waals surface area contributed by atoms with Gasteiger partial charge in [-0.05, 0) is 12.5 Å². The summed E-state index contributed by atoms with van der Waals surface area (Å²) in [6.45, 7) is 1.68. The van der Waals surface area contributed by atoms with Crippen molar-refractivity contribution in [3.63, 3.8) is 0 Å². The maximum Gasteiger partial charge on any atom is 0.251 e. The van der Waals surface area contributed by atoms with E-state index in [4.69, 9.17) is 11.5 Å². The van der Waals surface area contributed by atoms with Crippen molar-refractivity contribution in [2.75, 3.05) is 5.32 Å². The van der Waals surface area contributed by atoms with Crippen LogP contribution in [0.25, 0.3) is 0 Å². The summed E-state index contributed by atoms with van der Waals surface area (Å²) in [5.74, 6) is -3.77. The third-order valence-electron chi connectivity index (χ3n) is 2.36. The van der Waals surface area contributed by atoms with Gasteiger partial charge >= 0.3 is 0 Å². The first-order valence-electron chi connectivity index (χ1n) is 5.22. The van der Waals surface area contributed by atoms with Crippen molar-refractivity contribution < 1.29 is 18.4 Å². The Bertz CT molecular complexity index is 491. The van der Waals surface area contributed by atoms with Gasteiger partial charge in [0, 0.05) is 6.07 Å². The highest BCUT2D eigenvalue weighted by Crippen LogP contribution is 2.19. The monoisotopic (exact) mass is 257 g/mol. The third-order valence-corrected chi connectivity index (χ3v) is 2.36. The molecule has 0 fully saturated rings. The van der Waals surface area contributed by atoms with E-state index in [-0.39, 0.29) is 5.69 Å².